The van der Waals surface area contributed by atoms with Crippen LogP contribution in [0.5, 0.6) is 5.75 Å². The molecule has 0 spiro atoms. The maximum Gasteiger partial charge on any atom is 0.338 e. The Bertz CT molecular complexity index is 1670. The molecule has 2 aromatic carbocycles. The molecular weight excluding hydrogens is 578 g/mol. The third-order valence-corrected chi connectivity index (χ3v) is 9.35. The Hall–Kier alpha value is -4.49. The van der Waals surface area contributed by atoms with E-state index in [9.17, 15) is 24.4 Å². The third-order valence-electron chi connectivity index (χ3n) is 8.16. The van der Waals surface area contributed by atoms with Crippen molar-refractivity contribution in [3.05, 3.63) is 82.5 Å². The van der Waals surface area contributed by atoms with E-state index in [0.717, 1.165) is 47.2 Å². The maximum atomic E-state index is 13.4. The number of imide groups is 1. The summed E-state index contributed by atoms with van der Waals surface area (Å²) in [5, 5.41) is 9.60. The number of rotatable bonds is 8. The van der Waals surface area contributed by atoms with Crippen LogP contribution in [-0.4, -0.2) is 47.5 Å². The number of aryl methyl sites for hydroxylation is 1. The molecule has 1 aliphatic heterocycles. The molecule has 10 heteroatoms. The van der Waals surface area contributed by atoms with Gasteiger partial charge < -0.3 is 9.47 Å². The van der Waals surface area contributed by atoms with Gasteiger partial charge >= 0.3 is 5.97 Å². The molecular formula is C34H33N3O6S. The van der Waals surface area contributed by atoms with Crippen molar-refractivity contribution < 1.29 is 28.7 Å². The summed E-state index contributed by atoms with van der Waals surface area (Å²) in [4.78, 5) is 57.3. The number of ketones is 1. The summed E-state index contributed by atoms with van der Waals surface area (Å²) in [6.45, 7) is 6.21. The fraction of sp³-hybridized carbons (Fsp3) is 0.353. The highest BCUT2D eigenvalue weighted by molar-refractivity contribution is 8.00. The van der Waals surface area contributed by atoms with E-state index in [2.05, 4.69) is 26.8 Å². The zero-order valence-electron chi connectivity index (χ0n) is 25.1. The van der Waals surface area contributed by atoms with Crippen molar-refractivity contribution in [2.24, 2.45) is 11.3 Å². The number of carbonyl (C=O) groups is 4. The predicted molar refractivity (Wildman–Crippen MR) is 165 cm³/mol. The summed E-state index contributed by atoms with van der Waals surface area (Å²) >= 11 is 1.15. The molecule has 9 nitrogen and oxygen atoms in total. The van der Waals surface area contributed by atoms with Gasteiger partial charge in [0.25, 0.3) is 0 Å². The van der Waals surface area contributed by atoms with Crippen LogP contribution in [0.4, 0.5) is 5.69 Å². The Morgan fingerprint density at radius 1 is 1.09 bits per heavy atom. The van der Waals surface area contributed by atoms with E-state index in [0.29, 0.717) is 33.5 Å². The maximum absolute atomic E-state index is 13.4. The second-order valence-corrected chi connectivity index (χ2v) is 13.2. The second kappa shape index (κ2) is 12.6. The molecule has 3 aromatic rings. The van der Waals surface area contributed by atoms with Crippen LogP contribution in [0.3, 0.4) is 0 Å². The highest BCUT2D eigenvalue weighted by Crippen LogP contribution is 2.40. The number of hydrogen-bond donors (Lipinski definition) is 0. The van der Waals surface area contributed by atoms with Crippen molar-refractivity contribution in [1.29, 1.82) is 5.26 Å². The number of hydrogen-bond acceptors (Lipinski definition) is 9. The number of benzene rings is 2. The summed E-state index contributed by atoms with van der Waals surface area (Å²) in [5.41, 5.74) is 3.39. The minimum Gasteiger partial charge on any atom is -0.496 e. The second-order valence-electron chi connectivity index (χ2n) is 12.0. The lowest BCUT2D eigenvalue weighted by Crippen LogP contribution is -2.31. The van der Waals surface area contributed by atoms with E-state index in [1.54, 1.807) is 24.3 Å². The monoisotopic (exact) mass is 611 g/mol. The summed E-state index contributed by atoms with van der Waals surface area (Å²) in [7, 11) is 1.45. The van der Waals surface area contributed by atoms with Crippen molar-refractivity contribution >= 4 is 41.0 Å². The van der Waals surface area contributed by atoms with Gasteiger partial charge in [0, 0.05) is 12.1 Å². The van der Waals surface area contributed by atoms with Crippen LogP contribution >= 0.6 is 11.8 Å². The molecule has 2 amide bonds. The Labute approximate surface area is 260 Å². The van der Waals surface area contributed by atoms with Gasteiger partial charge in [-0.25, -0.2) is 14.7 Å². The third kappa shape index (κ3) is 6.38. The summed E-state index contributed by atoms with van der Waals surface area (Å²) in [5.74, 6) is -1.04. The summed E-state index contributed by atoms with van der Waals surface area (Å²) in [6, 6.07) is 16.6. The number of ether oxygens (including phenoxy) is 2. The SMILES string of the molecule is COc1ccccc1C(=O)COC(=O)c1ccc(N2C(=O)CC(Sc3nc4c(cc3C#N)CC(C(C)(C)C)CC4)C2=O)cc1. The molecule has 0 radical (unpaired) electrons. The number of anilines is 1. The van der Waals surface area contributed by atoms with Crippen LogP contribution in [0.1, 0.15) is 71.1 Å². The number of Topliss-reactive ketones (excluding diaryl/α,β-unsaturated/α-hetero) is 1. The normalized spacial score (nSPS) is 18.0. The highest BCUT2D eigenvalue weighted by Gasteiger charge is 2.41. The average Bonchev–Trinajstić information content (AvgIpc) is 3.30. The largest absolute Gasteiger partial charge is 0.496 e. The quantitative estimate of drug-likeness (QED) is 0.182. The lowest BCUT2D eigenvalue weighted by atomic mass is 9.71. The molecule has 1 aromatic heterocycles. The number of para-hydroxylation sites is 1. The van der Waals surface area contributed by atoms with Gasteiger partial charge in [0.15, 0.2) is 6.61 Å². The van der Waals surface area contributed by atoms with Crippen LogP contribution in [-0.2, 0) is 27.2 Å². The van der Waals surface area contributed by atoms with Crippen molar-refractivity contribution in [3.63, 3.8) is 0 Å². The van der Waals surface area contributed by atoms with Gasteiger partial charge in [0.2, 0.25) is 17.6 Å². The van der Waals surface area contributed by atoms with Gasteiger partial charge in [-0.2, -0.15) is 5.26 Å². The Morgan fingerprint density at radius 3 is 2.50 bits per heavy atom. The van der Waals surface area contributed by atoms with Crippen molar-refractivity contribution in [1.82, 2.24) is 4.98 Å². The molecule has 0 N–H and O–H groups in total. The smallest absolute Gasteiger partial charge is 0.338 e. The molecule has 0 bridgehead atoms. The van der Waals surface area contributed by atoms with E-state index in [1.807, 2.05) is 6.07 Å². The van der Waals surface area contributed by atoms with Gasteiger partial charge in [0.1, 0.15) is 16.8 Å². The average molecular weight is 612 g/mol. The number of nitrogens with zero attached hydrogens (tertiary/aromatic N) is 3. The fourth-order valence-electron chi connectivity index (χ4n) is 5.57. The molecule has 44 heavy (non-hydrogen) atoms. The van der Waals surface area contributed by atoms with Crippen molar-refractivity contribution in [3.8, 4) is 11.8 Å². The molecule has 1 aliphatic carbocycles. The Morgan fingerprint density at radius 2 is 1.82 bits per heavy atom. The minimum atomic E-state index is -0.725. The van der Waals surface area contributed by atoms with Crippen molar-refractivity contribution in [2.75, 3.05) is 18.6 Å². The Balaban J connectivity index is 1.24. The first kappa shape index (κ1) is 31.0. The molecule has 2 aliphatic rings. The van der Waals surface area contributed by atoms with E-state index < -0.39 is 29.5 Å². The topological polar surface area (TPSA) is 127 Å². The fourth-order valence-corrected chi connectivity index (χ4v) is 6.67. The molecule has 2 atom stereocenters. The van der Waals surface area contributed by atoms with Gasteiger partial charge in [-0.3, -0.25) is 14.4 Å². The first-order valence-corrected chi connectivity index (χ1v) is 15.3. The molecule has 1 fully saturated rings. The lowest BCUT2D eigenvalue weighted by molar-refractivity contribution is -0.121. The summed E-state index contributed by atoms with van der Waals surface area (Å²) in [6.07, 6.45) is 2.65. The number of thioether (sulfide) groups is 1. The molecule has 226 valence electrons. The summed E-state index contributed by atoms with van der Waals surface area (Å²) < 4.78 is 10.4. The van der Waals surface area contributed by atoms with Gasteiger partial charge in [-0.15, -0.1) is 0 Å². The van der Waals surface area contributed by atoms with Crippen LogP contribution in [0, 0.1) is 22.7 Å². The Kier molecular flexibility index (Phi) is 8.88. The molecule has 0 saturated carbocycles. The molecule has 5 rings (SSSR count). The minimum absolute atomic E-state index is 0.0336. The lowest BCUT2D eigenvalue weighted by Gasteiger charge is -2.34. The van der Waals surface area contributed by atoms with E-state index >= 15 is 0 Å². The van der Waals surface area contributed by atoms with Gasteiger partial charge in [-0.05, 0) is 78.6 Å². The van der Waals surface area contributed by atoms with Crippen LogP contribution in [0.15, 0.2) is 59.6 Å². The van der Waals surface area contributed by atoms with Crippen LogP contribution < -0.4 is 9.64 Å². The number of aromatic nitrogens is 1. The van der Waals surface area contributed by atoms with E-state index in [1.165, 1.54) is 31.4 Å². The zero-order valence-corrected chi connectivity index (χ0v) is 25.9. The predicted octanol–water partition coefficient (Wildman–Crippen LogP) is 5.58. The molecule has 2 unspecified atom stereocenters. The number of esters is 1. The van der Waals surface area contributed by atoms with E-state index in [4.69, 9.17) is 14.5 Å². The van der Waals surface area contributed by atoms with Gasteiger partial charge in [0.05, 0.1) is 34.7 Å². The zero-order chi connectivity index (χ0) is 31.6. The highest BCUT2D eigenvalue weighted by atomic mass is 32.2. The standard InChI is InChI=1S/C34H33N3O6S/c1-34(2,3)23-11-14-26-21(16-23)15-22(18-35)31(36-26)44-29-17-30(39)37(32(29)40)24-12-9-20(10-13-24)33(41)43-19-27(38)25-7-5-6-8-28(25)42-4/h5-10,12-13,15,23,29H,11,14,16-17,19H2,1-4H3. The number of fused-ring (bicyclic) bond motifs is 1. The number of carbonyl (C=O) groups excluding carboxylic acids is 4. The van der Waals surface area contributed by atoms with Crippen LogP contribution in [0.25, 0.3) is 0 Å². The molecule has 1 saturated heterocycles. The van der Waals surface area contributed by atoms with Gasteiger partial charge in [-0.1, -0.05) is 44.7 Å². The number of nitriles is 1. The molecule has 2 heterocycles. The number of pyridine rings is 1. The number of amides is 2. The van der Waals surface area contributed by atoms with E-state index in [-0.39, 0.29) is 23.3 Å². The van der Waals surface area contributed by atoms with Crippen molar-refractivity contribution in [2.45, 2.75) is 56.7 Å². The first-order chi connectivity index (χ1) is 21.0. The number of methoxy groups -OCH3 is 1. The first-order valence-electron chi connectivity index (χ1n) is 14.4. The van der Waals surface area contributed by atoms with Crippen LogP contribution in [0.2, 0.25) is 0 Å².